The van der Waals surface area contributed by atoms with Crippen molar-refractivity contribution < 1.29 is 21.2 Å². The van der Waals surface area contributed by atoms with Crippen LogP contribution in [0.4, 0.5) is 0 Å². The van der Waals surface area contributed by atoms with E-state index in [4.69, 9.17) is 0 Å². The molecular formula is C61H104N2Ni. The Morgan fingerprint density at radius 1 is 0.344 bits per heavy atom. The number of hydrogen-bond acceptors (Lipinski definition) is 0. The third-order valence-electron chi connectivity index (χ3n) is 13.2. The van der Waals surface area contributed by atoms with Gasteiger partial charge in [-0.05, 0) is 86.8 Å². The molecular weight excluding hydrogens is 819 g/mol. The molecule has 1 aliphatic rings. The molecule has 1 heterocycles. The molecule has 0 atom stereocenters. The molecule has 0 aliphatic carbocycles. The van der Waals surface area contributed by atoms with Gasteiger partial charge in [-0.15, -0.1) is 0 Å². The van der Waals surface area contributed by atoms with E-state index in [9.17, 15) is 5.53 Å². The Morgan fingerprint density at radius 2 is 0.594 bits per heavy atom. The second kappa shape index (κ2) is 44.8. The maximum Gasteiger partial charge on any atom is 2.00 e. The first-order valence-corrected chi connectivity index (χ1v) is 27.7. The largest absolute Gasteiger partial charge is 2.00 e. The number of nitrogens with zero attached hydrogens (tertiary/aromatic N) is 2. The molecule has 2 aromatic carbocycles. The van der Waals surface area contributed by atoms with Gasteiger partial charge in [0.05, 0.1) is 0 Å². The molecule has 64 heavy (non-hydrogen) atoms. The van der Waals surface area contributed by atoms with Crippen molar-refractivity contribution in [2.75, 3.05) is 0 Å². The van der Waals surface area contributed by atoms with E-state index in [1.807, 2.05) is 0 Å². The van der Waals surface area contributed by atoms with Gasteiger partial charge in [-0.2, -0.15) is 13.8 Å². The molecule has 0 N–H and O–H groups in total. The van der Waals surface area contributed by atoms with E-state index in [-0.39, 0.29) is 16.5 Å². The Balaban J connectivity index is 0.00000771. The monoisotopic (exact) mass is 923 g/mol. The molecule has 0 fully saturated rings. The molecule has 2 nitrogen and oxygen atoms in total. The summed E-state index contributed by atoms with van der Waals surface area (Å²) in [5, 5.41) is 0. The van der Waals surface area contributed by atoms with Crippen molar-refractivity contribution in [1.29, 1.82) is 0 Å². The van der Waals surface area contributed by atoms with Gasteiger partial charge in [0.15, 0.2) is 0 Å². The molecule has 3 heteroatoms. The Labute approximate surface area is 410 Å². The number of rotatable bonds is 39. The van der Waals surface area contributed by atoms with E-state index in [1.54, 1.807) is 18.5 Å². The Bertz CT molecular complexity index is 1440. The first kappa shape index (κ1) is 62.0. The van der Waals surface area contributed by atoms with Crippen LogP contribution in [0.2, 0.25) is 0 Å². The van der Waals surface area contributed by atoms with Crippen LogP contribution in [0.25, 0.3) is 16.9 Å². The number of hydrogen-bond donors (Lipinski definition) is 0. The first-order valence-electron chi connectivity index (χ1n) is 27.7. The number of allylic oxidation sites excluding steroid dienone is 2. The van der Waals surface area contributed by atoms with Crippen LogP contribution in [0.1, 0.15) is 289 Å². The van der Waals surface area contributed by atoms with Gasteiger partial charge in [-0.3, -0.25) is 0 Å². The summed E-state index contributed by atoms with van der Waals surface area (Å²) < 4.78 is 1.60. The van der Waals surface area contributed by atoms with Crippen molar-refractivity contribution >= 4 is 11.4 Å². The smallest absolute Gasteiger partial charge is 0.493 e. The Kier molecular flexibility index (Phi) is 43.4. The molecule has 0 saturated heterocycles. The SMILES string of the molecule is CCCCCCCCCCCCCCCCCCCCCCCCCCCCCC1=C(c2cccc(CCCC)c2)[N+](=[N-])C(c2cccc(CCCC)c2)=C1CCCC.[CH2-]C.[CH2-]C.[Ni+2]. The fraction of sp³-hybridized carbons (Fsp3) is 0.705. The van der Waals surface area contributed by atoms with Gasteiger partial charge in [0.1, 0.15) is 0 Å². The zero-order valence-corrected chi connectivity index (χ0v) is 44.4. The molecule has 3 rings (SSSR count). The normalized spacial score (nSPS) is 12.3. The second-order valence-electron chi connectivity index (χ2n) is 18.6. The average Bonchev–Trinajstić information content (AvgIpc) is 3.60. The summed E-state index contributed by atoms with van der Waals surface area (Å²) in [6.07, 6.45) is 49.9. The zero-order chi connectivity index (χ0) is 46.0. The van der Waals surface area contributed by atoms with E-state index in [0.717, 1.165) is 49.9 Å². The molecule has 0 unspecified atom stereocenters. The van der Waals surface area contributed by atoms with Crippen LogP contribution >= 0.6 is 0 Å². The minimum Gasteiger partial charge on any atom is -0.493 e. The molecule has 2 aromatic rings. The maximum atomic E-state index is 12.1. The quantitative estimate of drug-likeness (QED) is 0.0276. The van der Waals surface area contributed by atoms with Gasteiger partial charge in [0.25, 0.3) is 0 Å². The summed E-state index contributed by atoms with van der Waals surface area (Å²) in [6.45, 7) is 19.1. The van der Waals surface area contributed by atoms with E-state index < -0.39 is 0 Å². The molecule has 0 radical (unpaired) electrons. The van der Waals surface area contributed by atoms with Crippen LogP contribution in [0, 0.1) is 13.8 Å². The predicted octanol–water partition coefficient (Wildman–Crippen LogP) is 21.4. The summed E-state index contributed by atoms with van der Waals surface area (Å²) in [4.78, 5) is 0. The van der Waals surface area contributed by atoms with Crippen LogP contribution in [-0.4, -0.2) is 4.70 Å². The van der Waals surface area contributed by atoms with Crippen LogP contribution in [0.15, 0.2) is 59.7 Å². The molecule has 0 saturated carbocycles. The number of aryl methyl sites for hydroxylation is 2. The van der Waals surface area contributed by atoms with Crippen molar-refractivity contribution in [2.24, 2.45) is 0 Å². The van der Waals surface area contributed by atoms with Crippen LogP contribution in [-0.2, 0) is 29.3 Å². The summed E-state index contributed by atoms with van der Waals surface area (Å²) in [6, 6.07) is 18.1. The van der Waals surface area contributed by atoms with Gasteiger partial charge in [-0.1, -0.05) is 238 Å². The first-order chi connectivity index (χ1) is 31.1. The molecule has 0 bridgehead atoms. The average molecular weight is 924 g/mol. The Morgan fingerprint density at radius 3 is 0.891 bits per heavy atom. The summed E-state index contributed by atoms with van der Waals surface area (Å²) in [5.41, 5.74) is 22.1. The molecule has 0 spiro atoms. The predicted molar refractivity (Wildman–Crippen MR) is 284 cm³/mol. The maximum absolute atomic E-state index is 12.1. The third-order valence-corrected chi connectivity index (χ3v) is 13.2. The molecule has 0 amide bonds. The standard InChI is InChI=1S/C57H94N2.2C2H5.Ni/c1-5-9-13-14-15-16-17-18-19-20-21-22-23-24-25-26-27-28-29-30-31-32-33-34-35-36-37-47-55-54(46-12-8-4)56(52-44-38-42-50(48-52)40-10-6-2)59(58)57(55)53-45-39-43-51(49-53)41-11-7-3;2*1-2;/h38-39,42-45,48-49H,5-37,40-41,46-47H2,1-4H3;2*1H2,2H3;/q;2*-1;+2. The minimum atomic E-state index is 0. The van der Waals surface area contributed by atoms with E-state index >= 15 is 0 Å². The summed E-state index contributed by atoms with van der Waals surface area (Å²) in [7, 11) is 0. The molecule has 0 aromatic heterocycles. The Hall–Kier alpha value is -1.99. The molecule has 1 aliphatic heterocycles. The minimum absolute atomic E-state index is 0. The summed E-state index contributed by atoms with van der Waals surface area (Å²) >= 11 is 0. The van der Waals surface area contributed by atoms with Gasteiger partial charge in [-0.25, -0.2) is 4.70 Å². The van der Waals surface area contributed by atoms with Crippen molar-refractivity contribution in [1.82, 2.24) is 0 Å². The van der Waals surface area contributed by atoms with Gasteiger partial charge in [0.2, 0.25) is 11.4 Å². The van der Waals surface area contributed by atoms with Crippen molar-refractivity contribution in [2.45, 2.75) is 279 Å². The topological polar surface area (TPSA) is 25.3 Å². The van der Waals surface area contributed by atoms with Gasteiger partial charge in [0, 0.05) is 22.3 Å². The van der Waals surface area contributed by atoms with Crippen LogP contribution in [0.3, 0.4) is 0 Å². The van der Waals surface area contributed by atoms with Crippen molar-refractivity contribution in [3.8, 4) is 0 Å². The van der Waals surface area contributed by atoms with Gasteiger partial charge < -0.3 is 19.4 Å². The van der Waals surface area contributed by atoms with E-state index in [1.165, 1.54) is 232 Å². The third kappa shape index (κ3) is 27.6. The van der Waals surface area contributed by atoms with Crippen molar-refractivity contribution in [3.05, 3.63) is 101 Å². The number of benzene rings is 2. The van der Waals surface area contributed by atoms with E-state index in [2.05, 4.69) is 90.1 Å². The van der Waals surface area contributed by atoms with Crippen molar-refractivity contribution in [3.63, 3.8) is 0 Å². The van der Waals surface area contributed by atoms with Crippen LogP contribution in [0.5, 0.6) is 0 Å². The summed E-state index contributed by atoms with van der Waals surface area (Å²) in [5.74, 6) is 0. The second-order valence-corrected chi connectivity index (χ2v) is 18.6. The molecule has 368 valence electrons. The number of unbranched alkanes of at least 4 members (excludes halogenated alkanes) is 29. The van der Waals surface area contributed by atoms with Gasteiger partial charge >= 0.3 is 16.5 Å². The van der Waals surface area contributed by atoms with E-state index in [0.29, 0.717) is 0 Å². The van der Waals surface area contributed by atoms with Crippen LogP contribution < -0.4 is 0 Å². The zero-order valence-electron chi connectivity index (χ0n) is 43.4. The fourth-order valence-electron chi connectivity index (χ4n) is 9.44. The fourth-order valence-corrected chi connectivity index (χ4v) is 9.44.